The molecule has 24 heavy (non-hydrogen) atoms. The molecule has 0 amide bonds. The molecule has 0 unspecified atom stereocenters. The smallest absolute Gasteiger partial charge is 0.261 e. The quantitative estimate of drug-likeness (QED) is 0.701. The topological polar surface area (TPSA) is 92.3 Å². The Labute approximate surface area is 143 Å². The van der Waals surface area contributed by atoms with Crippen molar-refractivity contribution in [3.8, 4) is 0 Å². The summed E-state index contributed by atoms with van der Waals surface area (Å²) in [5.41, 5.74) is 0.298. The van der Waals surface area contributed by atoms with Gasteiger partial charge in [-0.3, -0.25) is 4.72 Å². The molecule has 0 saturated heterocycles. The van der Waals surface area contributed by atoms with Crippen LogP contribution in [0.5, 0.6) is 0 Å². The van der Waals surface area contributed by atoms with Gasteiger partial charge in [0.25, 0.3) is 10.0 Å². The molecule has 2 aromatic rings. The van der Waals surface area contributed by atoms with Gasteiger partial charge in [0.1, 0.15) is 0 Å². The van der Waals surface area contributed by atoms with E-state index in [0.717, 1.165) is 12.8 Å². The lowest BCUT2D eigenvalue weighted by molar-refractivity contribution is 0.578. The maximum absolute atomic E-state index is 12.2. The minimum atomic E-state index is -3.69. The number of benzene rings is 2. The highest BCUT2D eigenvalue weighted by atomic mass is 32.2. The Kier molecular flexibility index (Phi) is 5.98. The molecule has 2 aromatic carbocycles. The van der Waals surface area contributed by atoms with E-state index in [1.54, 1.807) is 18.2 Å². The molecule has 0 aliphatic heterocycles. The van der Waals surface area contributed by atoms with Crippen molar-refractivity contribution >= 4 is 25.7 Å². The summed E-state index contributed by atoms with van der Waals surface area (Å²) in [6.07, 6.45) is 1.65. The van der Waals surface area contributed by atoms with E-state index in [4.69, 9.17) is 0 Å². The van der Waals surface area contributed by atoms with Gasteiger partial charge in [-0.1, -0.05) is 31.5 Å². The molecule has 130 valence electrons. The molecule has 0 aliphatic carbocycles. The largest absolute Gasteiger partial charge is 0.280 e. The highest BCUT2D eigenvalue weighted by molar-refractivity contribution is 7.92. The molecule has 8 heteroatoms. The third-order valence-corrected chi connectivity index (χ3v) is 6.17. The molecule has 2 N–H and O–H groups in total. The van der Waals surface area contributed by atoms with Gasteiger partial charge in [-0.05, 0) is 42.8 Å². The van der Waals surface area contributed by atoms with Gasteiger partial charge in [-0.25, -0.2) is 21.6 Å². The Morgan fingerprint density at radius 3 is 1.96 bits per heavy atom. The molecular weight excluding hydrogens is 348 g/mol. The van der Waals surface area contributed by atoms with E-state index < -0.39 is 20.0 Å². The summed E-state index contributed by atoms with van der Waals surface area (Å²) in [4.78, 5) is 0.240. The zero-order valence-electron chi connectivity index (χ0n) is 13.3. The van der Waals surface area contributed by atoms with E-state index in [1.165, 1.54) is 36.4 Å². The van der Waals surface area contributed by atoms with Gasteiger partial charge in [0.05, 0.1) is 9.79 Å². The molecular formula is C16H20N2O4S2. The second-order valence-corrected chi connectivity index (χ2v) is 8.64. The lowest BCUT2D eigenvalue weighted by atomic mass is 10.3. The van der Waals surface area contributed by atoms with Crippen molar-refractivity contribution in [2.24, 2.45) is 0 Å². The first-order chi connectivity index (χ1) is 11.3. The van der Waals surface area contributed by atoms with E-state index in [1.807, 2.05) is 6.92 Å². The maximum Gasteiger partial charge on any atom is 0.261 e. The first-order valence-electron chi connectivity index (χ1n) is 7.53. The summed E-state index contributed by atoms with van der Waals surface area (Å²) in [6.45, 7) is 2.35. The molecule has 0 bridgehead atoms. The van der Waals surface area contributed by atoms with Crippen LogP contribution in [0.15, 0.2) is 64.4 Å². The van der Waals surface area contributed by atoms with Crippen LogP contribution in [0, 0.1) is 0 Å². The van der Waals surface area contributed by atoms with Crippen molar-refractivity contribution < 1.29 is 16.8 Å². The summed E-state index contributed by atoms with van der Waals surface area (Å²) in [7, 11) is -7.27. The first-order valence-corrected chi connectivity index (χ1v) is 10.5. The van der Waals surface area contributed by atoms with E-state index in [9.17, 15) is 16.8 Å². The maximum atomic E-state index is 12.2. The molecule has 6 nitrogen and oxygen atoms in total. The average molecular weight is 368 g/mol. The number of hydrogen-bond donors (Lipinski definition) is 2. The van der Waals surface area contributed by atoms with Crippen molar-refractivity contribution in [2.75, 3.05) is 11.3 Å². The molecule has 0 saturated carbocycles. The van der Waals surface area contributed by atoms with Crippen LogP contribution in [0.25, 0.3) is 0 Å². The predicted molar refractivity (Wildman–Crippen MR) is 93.8 cm³/mol. The Morgan fingerprint density at radius 1 is 0.792 bits per heavy atom. The highest BCUT2D eigenvalue weighted by Crippen LogP contribution is 2.18. The van der Waals surface area contributed by atoms with Gasteiger partial charge in [-0.15, -0.1) is 0 Å². The van der Waals surface area contributed by atoms with Crippen molar-refractivity contribution in [1.29, 1.82) is 0 Å². The minimum Gasteiger partial charge on any atom is -0.280 e. The number of sulfonamides is 2. The third kappa shape index (κ3) is 4.80. The van der Waals surface area contributed by atoms with Gasteiger partial charge in [0.15, 0.2) is 0 Å². The second-order valence-electron chi connectivity index (χ2n) is 5.19. The van der Waals surface area contributed by atoms with E-state index in [2.05, 4.69) is 9.44 Å². The summed E-state index contributed by atoms with van der Waals surface area (Å²) in [6, 6.07) is 13.6. The zero-order chi connectivity index (χ0) is 17.6. The minimum absolute atomic E-state index is 0.0984. The van der Waals surface area contributed by atoms with Crippen LogP contribution >= 0.6 is 0 Å². The standard InChI is InChI=1S/C16H20N2O4S2/c1-2-3-13-17-23(19,20)16-11-9-14(10-12-16)18-24(21,22)15-7-5-4-6-8-15/h4-12,17-18H,2-3,13H2,1H3. The highest BCUT2D eigenvalue weighted by Gasteiger charge is 2.16. The molecule has 0 atom stereocenters. The fourth-order valence-corrected chi connectivity index (χ4v) is 4.14. The summed E-state index contributed by atoms with van der Waals surface area (Å²) in [5.74, 6) is 0. The fraction of sp³-hybridized carbons (Fsp3) is 0.250. The van der Waals surface area contributed by atoms with Crippen molar-refractivity contribution in [1.82, 2.24) is 4.72 Å². The Hall–Kier alpha value is -1.90. The van der Waals surface area contributed by atoms with Crippen LogP contribution in [0.1, 0.15) is 19.8 Å². The number of rotatable bonds is 8. The predicted octanol–water partition coefficient (Wildman–Crippen LogP) is 2.57. The normalized spacial score (nSPS) is 12.0. The van der Waals surface area contributed by atoms with Crippen LogP contribution < -0.4 is 9.44 Å². The summed E-state index contributed by atoms with van der Waals surface area (Å²) in [5, 5.41) is 0. The number of nitrogens with one attached hydrogen (secondary N) is 2. The van der Waals surface area contributed by atoms with Crippen molar-refractivity contribution in [3.05, 3.63) is 54.6 Å². The van der Waals surface area contributed by atoms with Gasteiger partial charge in [0, 0.05) is 12.2 Å². The Morgan fingerprint density at radius 2 is 1.38 bits per heavy atom. The fourth-order valence-electron chi connectivity index (χ4n) is 1.98. The Bertz CT molecular complexity index is 862. The molecule has 0 aliphatic rings. The molecule has 0 heterocycles. The van der Waals surface area contributed by atoms with Crippen LogP contribution in [-0.4, -0.2) is 23.4 Å². The summed E-state index contributed by atoms with van der Waals surface area (Å²) < 4.78 is 53.5. The van der Waals surface area contributed by atoms with Gasteiger partial charge in [0.2, 0.25) is 10.0 Å². The average Bonchev–Trinajstić information content (AvgIpc) is 2.56. The molecule has 0 aromatic heterocycles. The molecule has 0 radical (unpaired) electrons. The van der Waals surface area contributed by atoms with Gasteiger partial charge in [-0.2, -0.15) is 0 Å². The molecule has 2 rings (SSSR count). The number of unbranched alkanes of at least 4 members (excludes halogenated alkanes) is 1. The summed E-state index contributed by atoms with van der Waals surface area (Å²) >= 11 is 0. The van der Waals surface area contributed by atoms with Gasteiger partial charge >= 0.3 is 0 Å². The van der Waals surface area contributed by atoms with Crippen LogP contribution in [-0.2, 0) is 20.0 Å². The second kappa shape index (κ2) is 7.78. The molecule has 0 spiro atoms. The molecule has 0 fully saturated rings. The monoisotopic (exact) mass is 368 g/mol. The van der Waals surface area contributed by atoms with Crippen molar-refractivity contribution in [3.63, 3.8) is 0 Å². The van der Waals surface area contributed by atoms with Gasteiger partial charge < -0.3 is 0 Å². The first kappa shape index (κ1) is 18.4. The van der Waals surface area contributed by atoms with E-state index >= 15 is 0 Å². The van der Waals surface area contributed by atoms with Crippen LogP contribution in [0.4, 0.5) is 5.69 Å². The Balaban J connectivity index is 2.13. The lowest BCUT2D eigenvalue weighted by Crippen LogP contribution is -2.24. The van der Waals surface area contributed by atoms with E-state index in [-0.39, 0.29) is 9.79 Å². The lowest BCUT2D eigenvalue weighted by Gasteiger charge is -2.10. The van der Waals surface area contributed by atoms with Crippen LogP contribution in [0.3, 0.4) is 0 Å². The third-order valence-electron chi connectivity index (χ3n) is 3.29. The zero-order valence-corrected chi connectivity index (χ0v) is 14.9. The van der Waals surface area contributed by atoms with Crippen molar-refractivity contribution in [2.45, 2.75) is 29.6 Å². The number of hydrogen-bond acceptors (Lipinski definition) is 4. The number of anilines is 1. The van der Waals surface area contributed by atoms with Crippen LogP contribution in [0.2, 0.25) is 0 Å². The SMILES string of the molecule is CCCCNS(=O)(=O)c1ccc(NS(=O)(=O)c2ccccc2)cc1. The van der Waals surface area contributed by atoms with E-state index in [0.29, 0.717) is 12.2 Å².